The van der Waals surface area contributed by atoms with Crippen molar-refractivity contribution in [1.29, 1.82) is 0 Å². The number of carbonyl (C=O) groups excluding carboxylic acids is 1. The molecular weight excluding hydrogens is 196 g/mol. The van der Waals surface area contributed by atoms with Crippen LogP contribution >= 0.6 is 0 Å². The van der Waals surface area contributed by atoms with Gasteiger partial charge in [-0.1, -0.05) is 6.92 Å². The monoisotopic (exact) mass is 216 g/mol. The number of esters is 1. The molecule has 0 aliphatic heterocycles. The van der Waals surface area contributed by atoms with Gasteiger partial charge in [0.1, 0.15) is 0 Å². The van der Waals surface area contributed by atoms with Crippen molar-refractivity contribution in [3.8, 4) is 0 Å². The molecule has 0 heterocycles. The van der Waals surface area contributed by atoms with Crippen LogP contribution in [0.3, 0.4) is 0 Å². The van der Waals surface area contributed by atoms with Gasteiger partial charge in [-0.05, 0) is 33.3 Å². The van der Waals surface area contributed by atoms with Gasteiger partial charge in [-0.25, -0.2) is 4.79 Å². The fourth-order valence-corrected chi connectivity index (χ4v) is 1.10. The first-order chi connectivity index (χ1) is 6.82. The minimum Gasteiger partial charge on any atom is -0.466 e. The number of hydrogen-bond acceptors (Lipinski definition) is 4. The number of ether oxygens (including phenoxy) is 2. The van der Waals surface area contributed by atoms with E-state index < -0.39 is 5.79 Å². The summed E-state index contributed by atoms with van der Waals surface area (Å²) >= 11 is 0. The van der Waals surface area contributed by atoms with Crippen molar-refractivity contribution in [2.45, 2.75) is 46.0 Å². The molecule has 0 rings (SSSR count). The topological polar surface area (TPSA) is 55.8 Å². The van der Waals surface area contributed by atoms with Crippen LogP contribution in [0, 0.1) is 0 Å². The second kappa shape index (κ2) is 5.88. The Morgan fingerprint density at radius 1 is 1.60 bits per heavy atom. The highest BCUT2D eigenvalue weighted by Crippen LogP contribution is 2.14. The Morgan fingerprint density at radius 3 is 2.53 bits per heavy atom. The van der Waals surface area contributed by atoms with E-state index in [4.69, 9.17) is 4.74 Å². The lowest BCUT2D eigenvalue weighted by Gasteiger charge is -2.25. The second-order valence-corrected chi connectivity index (χ2v) is 3.69. The van der Waals surface area contributed by atoms with Gasteiger partial charge < -0.3 is 14.6 Å². The summed E-state index contributed by atoms with van der Waals surface area (Å²) in [5.74, 6) is -1.55. The molecule has 0 radical (unpaired) electrons. The average Bonchev–Trinajstić information content (AvgIpc) is 2.15. The molecule has 0 bridgehead atoms. The normalized spacial score (nSPS) is 18.1. The molecule has 4 nitrogen and oxygen atoms in total. The highest BCUT2D eigenvalue weighted by atomic mass is 16.6. The summed E-state index contributed by atoms with van der Waals surface area (Å²) in [7, 11) is 1.33. The lowest BCUT2D eigenvalue weighted by Crippen LogP contribution is -2.31. The van der Waals surface area contributed by atoms with Crippen LogP contribution in [0.15, 0.2) is 11.6 Å². The van der Waals surface area contributed by atoms with Crippen molar-refractivity contribution in [2.75, 3.05) is 7.11 Å². The third-order valence-corrected chi connectivity index (χ3v) is 2.09. The predicted octanol–water partition coefficient (Wildman–Crippen LogP) is 1.63. The van der Waals surface area contributed by atoms with Gasteiger partial charge in [0.15, 0.2) is 5.79 Å². The molecule has 4 heteroatoms. The Morgan fingerprint density at radius 2 is 2.13 bits per heavy atom. The maximum absolute atomic E-state index is 11.1. The number of aliphatic hydroxyl groups is 1. The Bertz CT molecular complexity index is 243. The average molecular weight is 216 g/mol. The molecule has 88 valence electrons. The van der Waals surface area contributed by atoms with Crippen LogP contribution in [0.2, 0.25) is 0 Å². The maximum Gasteiger partial charge on any atom is 0.333 e. The largest absolute Gasteiger partial charge is 0.466 e. The van der Waals surface area contributed by atoms with Crippen molar-refractivity contribution in [2.24, 2.45) is 0 Å². The smallest absolute Gasteiger partial charge is 0.333 e. The zero-order chi connectivity index (χ0) is 12.1. The molecule has 0 saturated carbocycles. The molecule has 0 aromatic carbocycles. The first-order valence-corrected chi connectivity index (χ1v) is 4.99. The van der Waals surface area contributed by atoms with Gasteiger partial charge in [0.05, 0.1) is 13.2 Å². The zero-order valence-corrected chi connectivity index (χ0v) is 10.0. The van der Waals surface area contributed by atoms with E-state index in [-0.39, 0.29) is 12.1 Å². The predicted molar refractivity (Wildman–Crippen MR) is 57.2 cm³/mol. The SMILES string of the molecule is CCC(C)(O)OC(C)C=C(C)C(=O)OC. The van der Waals surface area contributed by atoms with Crippen LogP contribution in [-0.2, 0) is 14.3 Å². The molecule has 0 aliphatic rings. The van der Waals surface area contributed by atoms with E-state index in [0.717, 1.165) is 0 Å². The van der Waals surface area contributed by atoms with Crippen molar-refractivity contribution in [3.63, 3.8) is 0 Å². The number of methoxy groups -OCH3 is 1. The highest BCUT2D eigenvalue weighted by Gasteiger charge is 2.20. The van der Waals surface area contributed by atoms with Gasteiger partial charge in [0.2, 0.25) is 0 Å². The van der Waals surface area contributed by atoms with E-state index >= 15 is 0 Å². The van der Waals surface area contributed by atoms with Crippen LogP contribution in [0.25, 0.3) is 0 Å². The van der Waals surface area contributed by atoms with Gasteiger partial charge in [-0.2, -0.15) is 0 Å². The molecule has 1 N–H and O–H groups in total. The third kappa shape index (κ3) is 5.54. The minimum absolute atomic E-state index is 0.334. The van der Waals surface area contributed by atoms with E-state index in [1.54, 1.807) is 26.8 Å². The van der Waals surface area contributed by atoms with Crippen molar-refractivity contribution < 1.29 is 19.4 Å². The summed E-state index contributed by atoms with van der Waals surface area (Å²) in [6, 6.07) is 0. The van der Waals surface area contributed by atoms with Crippen molar-refractivity contribution in [3.05, 3.63) is 11.6 Å². The van der Waals surface area contributed by atoms with E-state index in [9.17, 15) is 9.90 Å². The first-order valence-electron chi connectivity index (χ1n) is 4.99. The fourth-order valence-electron chi connectivity index (χ4n) is 1.10. The quantitative estimate of drug-likeness (QED) is 0.431. The molecule has 0 amide bonds. The molecule has 2 atom stereocenters. The van der Waals surface area contributed by atoms with E-state index in [0.29, 0.717) is 12.0 Å². The standard InChI is InChI=1S/C11H20O4/c1-6-11(4,13)15-9(3)7-8(2)10(12)14-5/h7,9,13H,6H2,1-5H3. The van der Waals surface area contributed by atoms with Gasteiger partial charge in [0, 0.05) is 5.57 Å². The van der Waals surface area contributed by atoms with E-state index in [1.165, 1.54) is 7.11 Å². The molecule has 0 aromatic rings. The molecule has 15 heavy (non-hydrogen) atoms. The summed E-state index contributed by atoms with van der Waals surface area (Å²) in [6.07, 6.45) is 1.78. The Hall–Kier alpha value is -0.870. The Labute approximate surface area is 90.9 Å². The zero-order valence-electron chi connectivity index (χ0n) is 10.0. The highest BCUT2D eigenvalue weighted by molar-refractivity contribution is 5.87. The minimum atomic E-state index is -1.16. The Balaban J connectivity index is 4.36. The van der Waals surface area contributed by atoms with Crippen LogP contribution in [0.5, 0.6) is 0 Å². The lowest BCUT2D eigenvalue weighted by atomic mass is 10.2. The summed E-state index contributed by atoms with van der Waals surface area (Å²) in [5, 5.41) is 9.63. The number of rotatable bonds is 5. The number of hydrogen-bond donors (Lipinski definition) is 1. The van der Waals surface area contributed by atoms with Crippen LogP contribution < -0.4 is 0 Å². The summed E-state index contributed by atoms with van der Waals surface area (Å²) < 4.78 is 9.87. The molecule has 0 saturated heterocycles. The van der Waals surface area contributed by atoms with Crippen molar-refractivity contribution >= 4 is 5.97 Å². The second-order valence-electron chi connectivity index (χ2n) is 3.69. The number of carbonyl (C=O) groups is 1. The van der Waals surface area contributed by atoms with Gasteiger partial charge in [-0.15, -0.1) is 0 Å². The third-order valence-electron chi connectivity index (χ3n) is 2.09. The maximum atomic E-state index is 11.1. The molecule has 0 fully saturated rings. The lowest BCUT2D eigenvalue weighted by molar-refractivity contribution is -0.205. The first kappa shape index (κ1) is 14.1. The molecule has 2 unspecified atom stereocenters. The van der Waals surface area contributed by atoms with Crippen LogP contribution in [0.1, 0.15) is 34.1 Å². The summed E-state index contributed by atoms with van der Waals surface area (Å²) in [4.78, 5) is 11.1. The van der Waals surface area contributed by atoms with E-state index in [1.807, 2.05) is 6.92 Å². The van der Waals surface area contributed by atoms with E-state index in [2.05, 4.69) is 4.74 Å². The van der Waals surface area contributed by atoms with Crippen LogP contribution in [-0.4, -0.2) is 30.1 Å². The summed E-state index contributed by atoms with van der Waals surface area (Å²) in [5.41, 5.74) is 0.469. The molecule has 0 aromatic heterocycles. The van der Waals surface area contributed by atoms with Crippen LogP contribution in [0.4, 0.5) is 0 Å². The summed E-state index contributed by atoms with van der Waals surface area (Å²) in [6.45, 7) is 6.82. The molecule has 0 spiro atoms. The van der Waals surface area contributed by atoms with Gasteiger partial charge >= 0.3 is 5.97 Å². The molecule has 0 aliphatic carbocycles. The Kier molecular flexibility index (Phi) is 5.54. The fraction of sp³-hybridized carbons (Fsp3) is 0.727. The van der Waals surface area contributed by atoms with Gasteiger partial charge in [0.25, 0.3) is 0 Å². The molecular formula is C11H20O4. The van der Waals surface area contributed by atoms with Gasteiger partial charge in [-0.3, -0.25) is 0 Å². The van der Waals surface area contributed by atoms with Crippen molar-refractivity contribution in [1.82, 2.24) is 0 Å².